The number of hydrogen-bond acceptors (Lipinski definition) is 8. The van der Waals surface area contributed by atoms with E-state index in [1.807, 2.05) is 32.1 Å². The first-order valence-electron chi connectivity index (χ1n) is 14.8. The molecule has 3 rings (SSSR count). The molecule has 0 aromatic heterocycles. The van der Waals surface area contributed by atoms with E-state index < -0.39 is 17.6 Å². The van der Waals surface area contributed by atoms with Crippen LogP contribution in [0.2, 0.25) is 0 Å². The molecule has 9 nitrogen and oxygen atoms in total. The van der Waals surface area contributed by atoms with E-state index >= 15 is 0 Å². The van der Waals surface area contributed by atoms with E-state index in [4.69, 9.17) is 4.99 Å². The van der Waals surface area contributed by atoms with Crippen molar-refractivity contribution in [3.05, 3.63) is 23.9 Å². The highest BCUT2D eigenvalue weighted by Gasteiger charge is 2.41. The molecule has 0 aliphatic carbocycles. The van der Waals surface area contributed by atoms with Crippen LogP contribution < -0.4 is 16.0 Å². The van der Waals surface area contributed by atoms with Crippen LogP contribution in [0.3, 0.4) is 0 Å². The Balaban J connectivity index is 1.65. The van der Waals surface area contributed by atoms with Crippen LogP contribution in [0, 0.1) is 5.92 Å². The zero-order valence-corrected chi connectivity index (χ0v) is 26.4. The molecule has 0 unspecified atom stereocenters. The lowest BCUT2D eigenvalue weighted by Gasteiger charge is -2.27. The van der Waals surface area contributed by atoms with Gasteiger partial charge in [0.15, 0.2) is 5.12 Å². The Kier molecular flexibility index (Phi) is 13.2. The number of nitrogens with one attached hydrogen (secondary N) is 3. The van der Waals surface area contributed by atoms with Gasteiger partial charge in [-0.25, -0.2) is 0 Å². The molecule has 11 heteroatoms. The maximum atomic E-state index is 13.4. The fourth-order valence-corrected chi connectivity index (χ4v) is 6.58. The highest BCUT2D eigenvalue weighted by atomic mass is 32.2. The number of unbranched alkanes of at least 4 members (excludes halogenated alkanes) is 4. The molecule has 0 radical (unpaired) electrons. The quantitative estimate of drug-likeness (QED) is 0.238. The number of carbonyl (C=O) groups is 4. The minimum absolute atomic E-state index is 0.0542. The third-order valence-electron chi connectivity index (χ3n) is 7.21. The van der Waals surface area contributed by atoms with E-state index in [-0.39, 0.29) is 35.2 Å². The zero-order chi connectivity index (χ0) is 29.8. The number of aliphatic imine (C=N–C) groups is 2. The molecule has 0 aromatic rings. The van der Waals surface area contributed by atoms with Gasteiger partial charge in [0.2, 0.25) is 17.7 Å². The minimum atomic E-state index is -0.998. The number of rotatable bonds is 11. The number of nitrogens with zero attached hydrogens (tertiary/aromatic N) is 2. The number of thioether (sulfide) groups is 2. The fraction of sp³-hybridized carbons (Fsp3) is 0.667. The van der Waals surface area contributed by atoms with Crippen LogP contribution in [-0.4, -0.2) is 69.3 Å². The second-order valence-electron chi connectivity index (χ2n) is 11.3. The first-order chi connectivity index (χ1) is 19.6. The normalized spacial score (nSPS) is 25.5. The Hall–Kier alpha value is -2.40. The topological polar surface area (TPSA) is 129 Å². The molecule has 41 heavy (non-hydrogen) atoms. The monoisotopic (exact) mass is 603 g/mol. The average Bonchev–Trinajstić information content (AvgIpc) is 3.56. The van der Waals surface area contributed by atoms with Crippen molar-refractivity contribution in [3.8, 4) is 0 Å². The van der Waals surface area contributed by atoms with Crippen molar-refractivity contribution in [3.63, 3.8) is 0 Å². The van der Waals surface area contributed by atoms with E-state index in [1.165, 1.54) is 42.8 Å². The number of carbonyl (C=O) groups excluding carboxylic acids is 4. The predicted octanol–water partition coefficient (Wildman–Crippen LogP) is 4.33. The molecular weight excluding hydrogens is 558 g/mol. The molecule has 0 saturated heterocycles. The lowest BCUT2D eigenvalue weighted by molar-refractivity contribution is -0.132. The maximum Gasteiger partial charge on any atom is 0.249 e. The molecule has 3 amide bonds. The maximum absolute atomic E-state index is 13.4. The summed E-state index contributed by atoms with van der Waals surface area (Å²) in [4.78, 5) is 61.0. The molecule has 0 aromatic carbocycles. The molecule has 226 valence electrons. The van der Waals surface area contributed by atoms with Crippen LogP contribution >= 0.6 is 23.5 Å². The van der Waals surface area contributed by atoms with Gasteiger partial charge >= 0.3 is 0 Å². The van der Waals surface area contributed by atoms with Gasteiger partial charge in [-0.3, -0.25) is 29.2 Å². The summed E-state index contributed by atoms with van der Waals surface area (Å²) in [5, 5.41) is 9.71. The van der Waals surface area contributed by atoms with Gasteiger partial charge in [0.25, 0.3) is 0 Å². The van der Waals surface area contributed by atoms with E-state index in [1.54, 1.807) is 6.92 Å². The van der Waals surface area contributed by atoms with Crippen molar-refractivity contribution in [2.75, 3.05) is 18.1 Å². The summed E-state index contributed by atoms with van der Waals surface area (Å²) in [5.41, 5.74) is 0.557. The van der Waals surface area contributed by atoms with E-state index in [2.05, 4.69) is 27.9 Å². The summed E-state index contributed by atoms with van der Waals surface area (Å²) < 4.78 is 0. The minimum Gasteiger partial charge on any atom is -0.351 e. The highest BCUT2D eigenvalue weighted by Crippen LogP contribution is 2.33. The van der Waals surface area contributed by atoms with Gasteiger partial charge in [-0.05, 0) is 25.7 Å². The van der Waals surface area contributed by atoms with Gasteiger partial charge in [0, 0.05) is 30.1 Å². The summed E-state index contributed by atoms with van der Waals surface area (Å²) in [7, 11) is 0. The van der Waals surface area contributed by atoms with Gasteiger partial charge in [0.05, 0.1) is 24.7 Å². The van der Waals surface area contributed by atoms with Gasteiger partial charge in [0.1, 0.15) is 16.6 Å². The number of fused-ring (bicyclic) bond motifs is 3. The van der Waals surface area contributed by atoms with Gasteiger partial charge in [-0.1, -0.05) is 76.4 Å². The fourth-order valence-electron chi connectivity index (χ4n) is 4.66. The molecule has 3 N–H and O–H groups in total. The van der Waals surface area contributed by atoms with Crippen LogP contribution in [0.5, 0.6) is 0 Å². The molecule has 3 aliphatic heterocycles. The van der Waals surface area contributed by atoms with E-state index in [9.17, 15) is 19.2 Å². The molecule has 3 heterocycles. The Labute approximate surface area is 252 Å². The summed E-state index contributed by atoms with van der Waals surface area (Å²) in [5.74, 6) is 0.0785. The number of amides is 3. The molecular formula is C30H45N5O4S2. The van der Waals surface area contributed by atoms with E-state index in [0.29, 0.717) is 42.4 Å². The Morgan fingerprint density at radius 1 is 1.20 bits per heavy atom. The van der Waals surface area contributed by atoms with Crippen LogP contribution in [0.4, 0.5) is 0 Å². The smallest absolute Gasteiger partial charge is 0.249 e. The van der Waals surface area contributed by atoms with Gasteiger partial charge in [-0.15, -0.1) is 11.8 Å². The largest absolute Gasteiger partial charge is 0.351 e. The van der Waals surface area contributed by atoms with Crippen LogP contribution in [-0.2, 0) is 19.2 Å². The van der Waals surface area contributed by atoms with Gasteiger partial charge in [-0.2, -0.15) is 0 Å². The van der Waals surface area contributed by atoms with Crippen molar-refractivity contribution in [2.45, 2.75) is 103 Å². The van der Waals surface area contributed by atoms with Crippen LogP contribution in [0.1, 0.15) is 85.5 Å². The average molecular weight is 604 g/mol. The SMILES string of the molecule is CCCCCCCC(=O)SCC/C=C/[C@@H]1CC(=O)NCC2=NC(=CC2)C2=N[C@@](C)(CS2)C(=O)N[C@@H](C(C)C)C(=O)N1. The molecule has 0 fully saturated rings. The standard InChI is InChI=1S/C30H45N5O4S2/c1-5-6-7-8-9-13-25(37)40-16-11-10-12-21-17-24(36)31-18-22-14-15-23(32-22)28-35-30(4,19-41-28)29(39)34-26(20(2)3)27(38)33-21/h10,12,15,20-21,26H,5-9,11,13-14,16-19H2,1-4H3,(H,31,36)(H,33,38)(H,34,39)/b12-10+/t21-,26+,30+/m1/s1. The summed E-state index contributed by atoms with van der Waals surface area (Å²) in [6.07, 6.45) is 13.2. The highest BCUT2D eigenvalue weighted by molar-refractivity contribution is 8.14. The van der Waals surface area contributed by atoms with Gasteiger partial charge < -0.3 is 16.0 Å². The number of hydrogen-bond donors (Lipinski definition) is 3. The molecule has 3 atom stereocenters. The van der Waals surface area contributed by atoms with E-state index in [0.717, 1.165) is 24.3 Å². The first kappa shape index (κ1) is 33.1. The number of allylic oxidation sites excluding steroid dienone is 2. The lowest BCUT2D eigenvalue weighted by Crippen LogP contribution is -2.56. The third kappa shape index (κ3) is 10.4. The summed E-state index contributed by atoms with van der Waals surface area (Å²) >= 11 is 2.82. The molecule has 0 saturated carbocycles. The van der Waals surface area contributed by atoms with Crippen molar-refractivity contribution < 1.29 is 19.2 Å². The lowest BCUT2D eigenvalue weighted by atomic mass is 9.99. The molecule has 4 bridgehead atoms. The van der Waals surface area contributed by atoms with Crippen LogP contribution in [0.15, 0.2) is 33.9 Å². The molecule has 3 aliphatic rings. The second-order valence-corrected chi connectivity index (χ2v) is 13.5. The molecule has 0 spiro atoms. The third-order valence-corrected chi connectivity index (χ3v) is 9.46. The summed E-state index contributed by atoms with van der Waals surface area (Å²) in [6, 6.07) is -1.34. The summed E-state index contributed by atoms with van der Waals surface area (Å²) in [6.45, 7) is 8.01. The Morgan fingerprint density at radius 3 is 2.73 bits per heavy atom. The van der Waals surface area contributed by atoms with Crippen molar-refractivity contribution in [1.82, 2.24) is 16.0 Å². The first-order valence-corrected chi connectivity index (χ1v) is 16.8. The van der Waals surface area contributed by atoms with Crippen molar-refractivity contribution in [2.24, 2.45) is 15.9 Å². The Bertz CT molecular complexity index is 1100. The van der Waals surface area contributed by atoms with Crippen LogP contribution in [0.25, 0.3) is 0 Å². The Morgan fingerprint density at radius 2 is 1.98 bits per heavy atom. The second kappa shape index (κ2) is 16.3. The van der Waals surface area contributed by atoms with Crippen molar-refractivity contribution in [1.29, 1.82) is 0 Å². The predicted molar refractivity (Wildman–Crippen MR) is 169 cm³/mol. The zero-order valence-electron chi connectivity index (χ0n) is 24.8. The van der Waals surface area contributed by atoms with Crippen molar-refractivity contribution >= 4 is 57.1 Å².